The first kappa shape index (κ1) is 12.9. The molecule has 0 aromatic rings. The molecule has 0 aliphatic heterocycles. The molecule has 0 rings (SSSR count). The van der Waals surface area contributed by atoms with Gasteiger partial charge in [-0.25, -0.2) is 0 Å². The smallest absolute Gasteiger partial charge is 0.262 e. The highest BCUT2D eigenvalue weighted by Gasteiger charge is 2.17. The maximum absolute atomic E-state index is 5.40. The van der Waals surface area contributed by atoms with Crippen molar-refractivity contribution in [2.45, 2.75) is 26.7 Å². The highest BCUT2D eigenvalue weighted by atomic mass is 32.9. The average Bonchev–Trinajstić information content (AvgIpc) is 2.11. The molecule has 6 heteroatoms. The molecule has 0 aromatic heterocycles. The summed E-state index contributed by atoms with van der Waals surface area (Å²) in [7, 11) is 0. The van der Waals surface area contributed by atoms with Crippen LogP contribution in [-0.4, -0.2) is 13.2 Å². The van der Waals surface area contributed by atoms with E-state index >= 15 is 0 Å². The molecule has 0 aliphatic carbocycles. The molecule has 0 amide bonds. The van der Waals surface area contributed by atoms with Crippen LogP contribution in [0.1, 0.15) is 26.7 Å². The van der Waals surface area contributed by atoms with Crippen LogP contribution in [0.2, 0.25) is 0 Å². The van der Waals surface area contributed by atoms with E-state index in [9.17, 15) is 0 Å². The zero-order chi connectivity index (χ0) is 9.45. The fraction of sp³-hybridized carbons (Fsp3) is 1.00. The van der Waals surface area contributed by atoms with Crippen LogP contribution in [0.15, 0.2) is 0 Å². The lowest BCUT2D eigenvalue weighted by Crippen LogP contribution is -1.97. The molecular formula is C6H16NO2PS2. The number of hydrogen-bond donors (Lipinski definition) is 1. The average molecular weight is 229 g/mol. The second-order valence-corrected chi connectivity index (χ2v) is 8.05. The summed E-state index contributed by atoms with van der Waals surface area (Å²) in [6, 6.07) is 0. The number of nitrogens with two attached hydrogens (primary N) is 1. The monoisotopic (exact) mass is 229 g/mol. The summed E-state index contributed by atoms with van der Waals surface area (Å²) < 4.78 is 10.7. The van der Waals surface area contributed by atoms with E-state index in [1.54, 1.807) is 0 Å². The predicted octanol–water partition coefficient (Wildman–Crippen LogP) is 2.67. The topological polar surface area (TPSA) is 44.5 Å². The summed E-state index contributed by atoms with van der Waals surface area (Å²) in [4.78, 5) is 0. The van der Waals surface area contributed by atoms with Crippen LogP contribution in [-0.2, 0) is 20.9 Å². The van der Waals surface area contributed by atoms with Gasteiger partial charge in [-0.15, -0.1) is 0 Å². The minimum absolute atomic E-state index is 0.630. The third-order valence-corrected chi connectivity index (χ3v) is 5.11. The van der Waals surface area contributed by atoms with Crippen LogP contribution in [0.4, 0.5) is 0 Å². The molecule has 0 atom stereocenters. The molecule has 74 valence electrons. The van der Waals surface area contributed by atoms with Gasteiger partial charge in [0, 0.05) is 11.6 Å². The highest BCUT2D eigenvalue weighted by molar-refractivity contribution is 8.67. The summed E-state index contributed by atoms with van der Waals surface area (Å²) in [5.74, 6) is 0. The Balaban J connectivity index is 3.79. The maximum Gasteiger partial charge on any atom is 0.262 e. The van der Waals surface area contributed by atoms with Crippen molar-refractivity contribution in [1.29, 1.82) is 0 Å². The third kappa shape index (κ3) is 5.51. The van der Waals surface area contributed by atoms with Crippen molar-refractivity contribution in [2.24, 2.45) is 5.14 Å². The van der Waals surface area contributed by atoms with Crippen molar-refractivity contribution in [1.82, 2.24) is 0 Å². The number of hydrogen-bond acceptors (Lipinski definition) is 5. The fourth-order valence-corrected chi connectivity index (χ4v) is 2.77. The molecule has 0 unspecified atom stereocenters. The Hall–Kier alpha value is 0.880. The van der Waals surface area contributed by atoms with Crippen LogP contribution in [0.25, 0.3) is 0 Å². The Morgan fingerprint density at radius 1 is 1.25 bits per heavy atom. The normalized spacial score (nSPS) is 11.9. The van der Waals surface area contributed by atoms with Gasteiger partial charge >= 0.3 is 0 Å². The largest absolute Gasteiger partial charge is 0.321 e. The van der Waals surface area contributed by atoms with E-state index in [1.165, 1.54) is 0 Å². The van der Waals surface area contributed by atoms with E-state index in [4.69, 9.17) is 26.0 Å². The predicted molar refractivity (Wildman–Crippen MR) is 58.5 cm³/mol. The van der Waals surface area contributed by atoms with Gasteiger partial charge in [-0.3, -0.25) is 5.14 Å². The van der Waals surface area contributed by atoms with Gasteiger partial charge in [-0.1, -0.05) is 13.8 Å². The summed E-state index contributed by atoms with van der Waals surface area (Å²) in [5, 5.41) is 5.40. The quantitative estimate of drug-likeness (QED) is 0.537. The first-order valence-electron chi connectivity index (χ1n) is 3.96. The van der Waals surface area contributed by atoms with Crippen molar-refractivity contribution < 1.29 is 9.05 Å². The second kappa shape index (κ2) is 7.30. The zero-order valence-electron chi connectivity index (χ0n) is 7.49. The van der Waals surface area contributed by atoms with E-state index in [-0.39, 0.29) is 0 Å². The van der Waals surface area contributed by atoms with Gasteiger partial charge in [0.2, 0.25) is 0 Å². The summed E-state index contributed by atoms with van der Waals surface area (Å²) >= 11 is 6.17. The Morgan fingerprint density at radius 3 is 1.92 bits per heavy atom. The summed E-state index contributed by atoms with van der Waals surface area (Å²) in [5.41, 5.74) is -2.21. The molecule has 0 saturated carbocycles. The van der Waals surface area contributed by atoms with Crippen LogP contribution in [0.3, 0.4) is 0 Å². The first-order chi connectivity index (χ1) is 5.68. The SMILES string of the molecule is CCCOP(=S)(OCCC)SN. The van der Waals surface area contributed by atoms with E-state index in [2.05, 4.69) is 0 Å². The number of rotatable bonds is 7. The summed E-state index contributed by atoms with van der Waals surface area (Å²) in [6.45, 7) is 5.32. The van der Waals surface area contributed by atoms with E-state index < -0.39 is 5.69 Å². The summed E-state index contributed by atoms with van der Waals surface area (Å²) in [6.07, 6.45) is 1.88. The van der Waals surface area contributed by atoms with Gasteiger partial charge in [0.25, 0.3) is 5.69 Å². The van der Waals surface area contributed by atoms with Gasteiger partial charge in [-0.2, -0.15) is 0 Å². The molecule has 0 aromatic carbocycles. The molecule has 0 saturated heterocycles. The van der Waals surface area contributed by atoms with Crippen molar-refractivity contribution in [3.63, 3.8) is 0 Å². The van der Waals surface area contributed by atoms with E-state index in [1.807, 2.05) is 13.8 Å². The van der Waals surface area contributed by atoms with Crippen LogP contribution < -0.4 is 5.14 Å². The van der Waals surface area contributed by atoms with Crippen LogP contribution in [0, 0.1) is 0 Å². The van der Waals surface area contributed by atoms with Gasteiger partial charge < -0.3 is 9.05 Å². The van der Waals surface area contributed by atoms with E-state index in [0.29, 0.717) is 13.2 Å². The van der Waals surface area contributed by atoms with Gasteiger partial charge in [0.05, 0.1) is 13.2 Å². The van der Waals surface area contributed by atoms with Crippen molar-refractivity contribution in [3.8, 4) is 0 Å². The van der Waals surface area contributed by atoms with Crippen LogP contribution in [0.5, 0.6) is 0 Å². The standard InChI is InChI=1S/C6H16NO2PS2/c1-3-5-8-10(11,12-7)9-6-4-2/h3-7H2,1-2H3. The molecule has 0 spiro atoms. The molecule has 0 radical (unpaired) electrons. The third-order valence-electron chi connectivity index (χ3n) is 1.04. The molecule has 0 fully saturated rings. The fourth-order valence-electron chi connectivity index (χ4n) is 0.504. The molecule has 12 heavy (non-hydrogen) atoms. The molecule has 2 N–H and O–H groups in total. The molecule has 0 heterocycles. The Bertz CT molecular complexity index is 144. The van der Waals surface area contributed by atoms with Crippen molar-refractivity contribution in [3.05, 3.63) is 0 Å². The maximum atomic E-state index is 5.40. The Morgan fingerprint density at radius 2 is 1.67 bits per heavy atom. The van der Waals surface area contributed by atoms with Gasteiger partial charge in [0.15, 0.2) is 0 Å². The first-order valence-corrected chi connectivity index (χ1v) is 8.08. The van der Waals surface area contributed by atoms with Gasteiger partial charge in [0.1, 0.15) is 0 Å². The Kier molecular flexibility index (Phi) is 7.83. The molecule has 3 nitrogen and oxygen atoms in total. The van der Waals surface area contributed by atoms with Crippen molar-refractivity contribution in [2.75, 3.05) is 13.2 Å². The lowest BCUT2D eigenvalue weighted by molar-refractivity contribution is 0.260. The minimum atomic E-state index is -2.21. The van der Waals surface area contributed by atoms with Crippen LogP contribution >= 0.6 is 17.3 Å². The minimum Gasteiger partial charge on any atom is -0.321 e. The Labute approximate surface area is 83.4 Å². The van der Waals surface area contributed by atoms with Gasteiger partial charge in [-0.05, 0) is 24.6 Å². The lowest BCUT2D eigenvalue weighted by Gasteiger charge is -2.18. The van der Waals surface area contributed by atoms with Crippen molar-refractivity contribution >= 4 is 29.1 Å². The molecule has 0 bridgehead atoms. The zero-order valence-corrected chi connectivity index (χ0v) is 10.0. The molecular weight excluding hydrogens is 213 g/mol. The highest BCUT2D eigenvalue weighted by Crippen LogP contribution is 2.58. The second-order valence-electron chi connectivity index (χ2n) is 2.22. The molecule has 0 aliphatic rings. The van der Waals surface area contributed by atoms with E-state index in [0.717, 1.165) is 24.4 Å². The lowest BCUT2D eigenvalue weighted by atomic mass is 10.5.